The summed E-state index contributed by atoms with van der Waals surface area (Å²) in [6.45, 7) is 0.557. The van der Waals surface area contributed by atoms with Gasteiger partial charge in [-0.1, -0.05) is 109 Å². The van der Waals surface area contributed by atoms with Gasteiger partial charge in [0.25, 0.3) is 0 Å². The van der Waals surface area contributed by atoms with Crippen LogP contribution in [-0.2, 0) is 0 Å². The van der Waals surface area contributed by atoms with Crippen LogP contribution in [0.5, 0.6) is 0 Å². The van der Waals surface area contributed by atoms with E-state index < -0.39 is 0 Å². The molecule has 0 bridgehead atoms. The van der Waals surface area contributed by atoms with Crippen molar-refractivity contribution in [1.29, 1.82) is 0 Å². The van der Waals surface area contributed by atoms with E-state index in [1.165, 1.54) is 36.5 Å². The Morgan fingerprint density at radius 3 is 1.95 bits per heavy atom. The molecule has 208 valence electrons. The monoisotopic (exact) mass is 583 g/mol. The molecule has 1 aliphatic heterocycles. The lowest BCUT2D eigenvalue weighted by Gasteiger charge is -2.19. The number of benzene rings is 5. The number of nitrogens with zero attached hydrogens (tertiary/aromatic N) is 4. The summed E-state index contributed by atoms with van der Waals surface area (Å²) in [5.41, 5.74) is 7.14. The van der Waals surface area contributed by atoms with Gasteiger partial charge in [-0.3, -0.25) is 4.57 Å². The minimum atomic E-state index is 0.557. The lowest BCUT2D eigenvalue weighted by atomic mass is 10.1. The van der Waals surface area contributed by atoms with Gasteiger partial charge >= 0.3 is 0 Å². The molecule has 0 atom stereocenters. The molecule has 0 amide bonds. The average Bonchev–Trinajstić information content (AvgIpc) is 3.65. The molecule has 0 radical (unpaired) electrons. The van der Waals surface area contributed by atoms with E-state index in [1.807, 2.05) is 53.9 Å². The molecule has 1 aliphatic rings. The largest absolute Gasteiger partial charge is 0.351 e. The first kappa shape index (κ1) is 25.0. The summed E-state index contributed by atoms with van der Waals surface area (Å²) in [6, 6.07) is 44.4. The topological polar surface area (TPSA) is 55.1 Å². The predicted molar refractivity (Wildman–Crippen MR) is 184 cm³/mol. The number of aromatic nitrogens is 3. The Hall–Kier alpha value is -5.59. The van der Waals surface area contributed by atoms with Gasteiger partial charge in [0.05, 0.1) is 27.1 Å². The van der Waals surface area contributed by atoms with Crippen molar-refractivity contribution in [2.75, 3.05) is 6.54 Å². The fourth-order valence-corrected chi connectivity index (χ4v) is 7.47. The van der Waals surface area contributed by atoms with Crippen LogP contribution in [0.1, 0.15) is 5.82 Å². The van der Waals surface area contributed by atoms with Crippen molar-refractivity contribution in [3.63, 3.8) is 0 Å². The molecule has 8 aromatic rings. The highest BCUT2D eigenvalue weighted by molar-refractivity contribution is 7.26. The van der Waals surface area contributed by atoms with E-state index in [9.17, 15) is 0 Å². The van der Waals surface area contributed by atoms with Gasteiger partial charge in [-0.15, -0.1) is 11.3 Å². The van der Waals surface area contributed by atoms with Crippen molar-refractivity contribution < 1.29 is 0 Å². The number of thiophene rings is 1. The Morgan fingerprint density at radius 2 is 1.25 bits per heavy atom. The molecule has 0 saturated carbocycles. The van der Waals surface area contributed by atoms with Crippen LogP contribution in [-0.4, -0.2) is 27.0 Å². The highest BCUT2D eigenvalue weighted by Crippen LogP contribution is 2.41. The third-order valence-corrected chi connectivity index (χ3v) is 9.52. The van der Waals surface area contributed by atoms with E-state index in [0.29, 0.717) is 12.4 Å². The molecular formula is C38H25N5S. The number of nitrogens with one attached hydrogen (secondary N) is 1. The standard InChI is InChI=1S/C38H25N5S/c1-3-11-24(12-4-1)31-21-32(25-13-5-2-6-14-25)42-37(41-31)26-22-39-38(40-23-26)43-33-17-9-7-15-27(33)29-19-20-30-28-16-8-10-18-34(28)44-36(30)35(29)43/h1-22H,23H2,(H,39,40). The zero-order chi connectivity index (χ0) is 29.0. The first-order valence-corrected chi connectivity index (χ1v) is 15.5. The number of fused-ring (bicyclic) bond motifs is 7. The summed E-state index contributed by atoms with van der Waals surface area (Å²) in [5, 5.41) is 8.64. The second-order valence-corrected chi connectivity index (χ2v) is 12.0. The van der Waals surface area contributed by atoms with E-state index in [-0.39, 0.29) is 0 Å². The van der Waals surface area contributed by atoms with Crippen molar-refractivity contribution in [3.05, 3.63) is 139 Å². The number of aliphatic imine (C=N–C) groups is 1. The summed E-state index contributed by atoms with van der Waals surface area (Å²) < 4.78 is 4.84. The Balaban J connectivity index is 1.22. The third kappa shape index (κ3) is 3.96. The van der Waals surface area contributed by atoms with Crippen molar-refractivity contribution in [2.24, 2.45) is 4.99 Å². The fraction of sp³-hybridized carbons (Fsp3) is 0.0263. The van der Waals surface area contributed by atoms with Gasteiger partial charge in [0.15, 0.2) is 5.82 Å². The molecule has 44 heavy (non-hydrogen) atoms. The lowest BCUT2D eigenvalue weighted by molar-refractivity contribution is 0.950. The van der Waals surface area contributed by atoms with Gasteiger partial charge in [0.1, 0.15) is 0 Å². The molecule has 0 aliphatic carbocycles. The van der Waals surface area contributed by atoms with Gasteiger partial charge in [0, 0.05) is 55.7 Å². The average molecular weight is 584 g/mol. The molecule has 5 aromatic carbocycles. The zero-order valence-corrected chi connectivity index (χ0v) is 24.4. The smallest absolute Gasteiger partial charge is 0.208 e. The highest BCUT2D eigenvalue weighted by Gasteiger charge is 2.22. The summed E-state index contributed by atoms with van der Waals surface area (Å²) in [7, 11) is 0. The molecule has 9 rings (SSSR count). The molecule has 0 spiro atoms. The van der Waals surface area contributed by atoms with Crippen molar-refractivity contribution in [2.45, 2.75) is 0 Å². The lowest BCUT2D eigenvalue weighted by Crippen LogP contribution is -2.33. The second-order valence-electron chi connectivity index (χ2n) is 10.9. The van der Waals surface area contributed by atoms with E-state index >= 15 is 0 Å². The van der Waals surface area contributed by atoms with Crippen LogP contribution in [0.3, 0.4) is 0 Å². The maximum absolute atomic E-state index is 5.03. The van der Waals surface area contributed by atoms with Gasteiger partial charge in [-0.25, -0.2) is 15.0 Å². The van der Waals surface area contributed by atoms with Crippen LogP contribution in [0, 0.1) is 0 Å². The minimum absolute atomic E-state index is 0.557. The molecule has 4 heterocycles. The SMILES string of the molecule is C1=C(c2nc(-c3ccccc3)cc(-c3ccccc3)n2)CNC(n2c3ccccc3c3ccc4c5ccccc5sc4c32)=N1. The molecule has 0 saturated heterocycles. The number of para-hydroxylation sites is 1. The van der Waals surface area contributed by atoms with E-state index in [4.69, 9.17) is 15.0 Å². The Kier molecular flexibility index (Phi) is 5.67. The van der Waals surface area contributed by atoms with Gasteiger partial charge in [-0.05, 0) is 18.2 Å². The summed E-state index contributed by atoms with van der Waals surface area (Å²) in [5.74, 6) is 1.47. The maximum Gasteiger partial charge on any atom is 0.208 e. The fourth-order valence-electron chi connectivity index (χ4n) is 6.23. The predicted octanol–water partition coefficient (Wildman–Crippen LogP) is 9.13. The van der Waals surface area contributed by atoms with Crippen LogP contribution in [0.4, 0.5) is 0 Å². The Morgan fingerprint density at radius 1 is 0.614 bits per heavy atom. The second kappa shape index (κ2) is 10.0. The first-order valence-electron chi connectivity index (χ1n) is 14.7. The minimum Gasteiger partial charge on any atom is -0.351 e. The van der Waals surface area contributed by atoms with E-state index in [2.05, 4.69) is 101 Å². The van der Waals surface area contributed by atoms with Crippen LogP contribution in [0.2, 0.25) is 0 Å². The normalized spacial score (nSPS) is 13.4. The summed E-state index contributed by atoms with van der Waals surface area (Å²) >= 11 is 1.84. The highest BCUT2D eigenvalue weighted by atomic mass is 32.1. The molecule has 3 aromatic heterocycles. The van der Waals surface area contributed by atoms with Crippen LogP contribution >= 0.6 is 11.3 Å². The van der Waals surface area contributed by atoms with Crippen molar-refractivity contribution >= 4 is 64.8 Å². The van der Waals surface area contributed by atoms with Gasteiger partial charge in [-0.2, -0.15) is 0 Å². The van der Waals surface area contributed by atoms with Crippen LogP contribution in [0.25, 0.3) is 70.1 Å². The Bertz CT molecular complexity index is 2380. The quantitative estimate of drug-likeness (QED) is 0.226. The van der Waals surface area contributed by atoms with E-state index in [1.54, 1.807) is 0 Å². The van der Waals surface area contributed by atoms with E-state index in [0.717, 1.165) is 39.6 Å². The summed E-state index contributed by atoms with van der Waals surface area (Å²) in [4.78, 5) is 15.1. The number of hydrogen-bond donors (Lipinski definition) is 1. The van der Waals surface area contributed by atoms with Gasteiger partial charge < -0.3 is 5.32 Å². The maximum atomic E-state index is 5.03. The van der Waals surface area contributed by atoms with Crippen molar-refractivity contribution in [3.8, 4) is 22.5 Å². The molecule has 0 fully saturated rings. The zero-order valence-electron chi connectivity index (χ0n) is 23.6. The number of hydrogen-bond acceptors (Lipinski definition) is 5. The molecule has 5 nitrogen and oxygen atoms in total. The third-order valence-electron chi connectivity index (χ3n) is 8.32. The van der Waals surface area contributed by atoms with Gasteiger partial charge in [0.2, 0.25) is 5.96 Å². The molecule has 6 heteroatoms. The Labute approximate surface area is 257 Å². The summed E-state index contributed by atoms with van der Waals surface area (Å²) in [6.07, 6.45) is 1.93. The molecule has 0 unspecified atom stereocenters. The van der Waals surface area contributed by atoms with Crippen LogP contribution < -0.4 is 5.32 Å². The molecule has 1 N–H and O–H groups in total. The van der Waals surface area contributed by atoms with Crippen molar-refractivity contribution in [1.82, 2.24) is 19.9 Å². The van der Waals surface area contributed by atoms with Crippen LogP contribution in [0.15, 0.2) is 139 Å². The molecular weight excluding hydrogens is 559 g/mol. The number of rotatable bonds is 3. The first-order chi connectivity index (χ1) is 21.8.